The molecular formula is C14H15O3P. The van der Waals surface area contributed by atoms with E-state index in [2.05, 4.69) is 0 Å². The van der Waals surface area contributed by atoms with Crippen LogP contribution in [0.2, 0.25) is 0 Å². The summed E-state index contributed by atoms with van der Waals surface area (Å²) < 4.78 is 17.4. The van der Waals surface area contributed by atoms with Crippen LogP contribution in [-0.4, -0.2) is 4.89 Å². The molecule has 2 aromatic rings. The SMILES string of the molecule is Cc1cccc(OP(=O)(O)c2cccc(C)c2)c1. The fourth-order valence-corrected chi connectivity index (χ4v) is 2.82. The molecule has 1 N–H and O–H groups in total. The molecule has 0 aromatic heterocycles. The lowest BCUT2D eigenvalue weighted by Gasteiger charge is -2.14. The largest absolute Gasteiger partial charge is 0.421 e. The minimum Gasteiger partial charge on any atom is -0.421 e. The van der Waals surface area contributed by atoms with Crippen molar-refractivity contribution in [3.05, 3.63) is 59.7 Å². The summed E-state index contributed by atoms with van der Waals surface area (Å²) in [6.07, 6.45) is 0. The van der Waals surface area contributed by atoms with Gasteiger partial charge < -0.3 is 9.42 Å². The van der Waals surface area contributed by atoms with E-state index in [9.17, 15) is 9.46 Å². The van der Waals surface area contributed by atoms with E-state index >= 15 is 0 Å². The molecule has 0 saturated carbocycles. The molecular weight excluding hydrogens is 247 g/mol. The van der Waals surface area contributed by atoms with Crippen molar-refractivity contribution in [3.63, 3.8) is 0 Å². The summed E-state index contributed by atoms with van der Waals surface area (Å²) in [6.45, 7) is 3.78. The van der Waals surface area contributed by atoms with Crippen molar-refractivity contribution in [2.75, 3.05) is 0 Å². The Morgan fingerprint density at radius 1 is 1.00 bits per heavy atom. The van der Waals surface area contributed by atoms with E-state index in [-0.39, 0.29) is 0 Å². The van der Waals surface area contributed by atoms with Crippen LogP contribution in [0.5, 0.6) is 5.75 Å². The molecule has 3 nitrogen and oxygen atoms in total. The molecule has 1 atom stereocenters. The zero-order chi connectivity index (χ0) is 13.2. The first-order valence-electron chi connectivity index (χ1n) is 5.64. The lowest BCUT2D eigenvalue weighted by molar-refractivity contribution is 0.393. The van der Waals surface area contributed by atoms with Crippen LogP contribution in [0.25, 0.3) is 0 Å². The Balaban J connectivity index is 2.30. The van der Waals surface area contributed by atoms with Crippen molar-refractivity contribution in [2.24, 2.45) is 0 Å². The highest BCUT2D eigenvalue weighted by Crippen LogP contribution is 2.41. The Kier molecular flexibility index (Phi) is 3.55. The van der Waals surface area contributed by atoms with E-state index in [1.165, 1.54) is 0 Å². The third-order valence-electron chi connectivity index (χ3n) is 2.55. The predicted molar refractivity (Wildman–Crippen MR) is 72.4 cm³/mol. The molecule has 18 heavy (non-hydrogen) atoms. The molecule has 0 saturated heterocycles. The van der Waals surface area contributed by atoms with Gasteiger partial charge in [0.1, 0.15) is 5.75 Å². The molecule has 0 aliphatic rings. The Labute approximate surface area is 107 Å². The minimum absolute atomic E-state index is 0.309. The number of rotatable bonds is 3. The molecule has 94 valence electrons. The number of hydrogen-bond acceptors (Lipinski definition) is 2. The summed E-state index contributed by atoms with van der Waals surface area (Å²) in [5.41, 5.74) is 1.91. The molecule has 0 fully saturated rings. The Hall–Kier alpha value is -1.57. The van der Waals surface area contributed by atoms with Crippen molar-refractivity contribution < 1.29 is 14.0 Å². The summed E-state index contributed by atoms with van der Waals surface area (Å²) in [7, 11) is -3.81. The quantitative estimate of drug-likeness (QED) is 0.864. The topological polar surface area (TPSA) is 46.5 Å². The number of aryl methyl sites for hydroxylation is 2. The molecule has 2 aromatic carbocycles. The zero-order valence-corrected chi connectivity index (χ0v) is 11.2. The monoisotopic (exact) mass is 262 g/mol. The smallest absolute Gasteiger partial charge is 0.408 e. The molecule has 0 heterocycles. The summed E-state index contributed by atoms with van der Waals surface area (Å²) in [4.78, 5) is 9.99. The minimum atomic E-state index is -3.81. The lowest BCUT2D eigenvalue weighted by atomic mass is 10.2. The average molecular weight is 262 g/mol. The second-order valence-electron chi connectivity index (χ2n) is 4.27. The summed E-state index contributed by atoms with van der Waals surface area (Å²) in [5, 5.41) is 0.309. The zero-order valence-electron chi connectivity index (χ0n) is 10.3. The molecule has 0 radical (unpaired) electrons. The summed E-state index contributed by atoms with van der Waals surface area (Å²) in [5.74, 6) is 0.405. The van der Waals surface area contributed by atoms with Crippen LogP contribution in [0.15, 0.2) is 48.5 Å². The maximum absolute atomic E-state index is 12.2. The van der Waals surface area contributed by atoms with E-state index in [0.29, 0.717) is 11.1 Å². The molecule has 0 bridgehead atoms. The van der Waals surface area contributed by atoms with Gasteiger partial charge in [-0.1, -0.05) is 29.8 Å². The van der Waals surface area contributed by atoms with E-state index in [4.69, 9.17) is 4.52 Å². The first-order valence-corrected chi connectivity index (χ1v) is 7.21. The van der Waals surface area contributed by atoms with Crippen molar-refractivity contribution in [3.8, 4) is 5.75 Å². The molecule has 1 unspecified atom stereocenters. The predicted octanol–water partition coefficient (Wildman–Crippen LogP) is 3.19. The highest BCUT2D eigenvalue weighted by atomic mass is 31.2. The number of hydrogen-bond donors (Lipinski definition) is 1. The Morgan fingerprint density at radius 3 is 2.22 bits per heavy atom. The van der Waals surface area contributed by atoms with Gasteiger partial charge in [-0.25, -0.2) is 4.57 Å². The van der Waals surface area contributed by atoms with E-state index in [1.54, 1.807) is 36.4 Å². The normalized spacial score (nSPS) is 13.9. The van der Waals surface area contributed by atoms with Gasteiger partial charge in [0.15, 0.2) is 0 Å². The van der Waals surface area contributed by atoms with Crippen LogP contribution in [0.1, 0.15) is 11.1 Å². The summed E-state index contributed by atoms with van der Waals surface area (Å²) in [6, 6.07) is 14.0. The third kappa shape index (κ3) is 3.00. The number of benzene rings is 2. The van der Waals surface area contributed by atoms with E-state index < -0.39 is 7.60 Å². The molecule has 4 heteroatoms. The first kappa shape index (κ1) is 12.9. The van der Waals surface area contributed by atoms with Crippen LogP contribution in [0, 0.1) is 13.8 Å². The van der Waals surface area contributed by atoms with Gasteiger partial charge >= 0.3 is 7.60 Å². The van der Waals surface area contributed by atoms with Gasteiger partial charge in [0, 0.05) is 0 Å². The van der Waals surface area contributed by atoms with Crippen LogP contribution < -0.4 is 9.83 Å². The van der Waals surface area contributed by atoms with Gasteiger partial charge in [0.25, 0.3) is 0 Å². The highest BCUT2D eigenvalue weighted by Gasteiger charge is 2.24. The van der Waals surface area contributed by atoms with Gasteiger partial charge in [-0.2, -0.15) is 0 Å². The van der Waals surface area contributed by atoms with E-state index in [1.807, 2.05) is 26.0 Å². The van der Waals surface area contributed by atoms with Gasteiger partial charge in [-0.15, -0.1) is 0 Å². The molecule has 0 amide bonds. The Morgan fingerprint density at radius 2 is 1.61 bits per heavy atom. The fourth-order valence-electron chi connectivity index (χ4n) is 1.67. The Bertz CT molecular complexity index is 607. The molecule has 0 aliphatic carbocycles. The molecule has 2 rings (SSSR count). The van der Waals surface area contributed by atoms with Crippen molar-refractivity contribution >= 4 is 12.9 Å². The standard InChI is InChI=1S/C14H15O3P/c1-11-5-3-7-13(9-11)17-18(15,16)14-8-4-6-12(2)10-14/h3-10H,1-2H3,(H,15,16). The van der Waals surface area contributed by atoms with Crippen LogP contribution in [0.3, 0.4) is 0 Å². The van der Waals surface area contributed by atoms with Crippen LogP contribution >= 0.6 is 7.60 Å². The first-order chi connectivity index (χ1) is 8.47. The van der Waals surface area contributed by atoms with Gasteiger partial charge in [-0.3, -0.25) is 0 Å². The fraction of sp³-hybridized carbons (Fsp3) is 0.143. The van der Waals surface area contributed by atoms with Crippen molar-refractivity contribution in [1.29, 1.82) is 0 Å². The summed E-state index contributed by atoms with van der Waals surface area (Å²) >= 11 is 0. The maximum Gasteiger partial charge on any atom is 0.408 e. The van der Waals surface area contributed by atoms with Gasteiger partial charge in [0.2, 0.25) is 0 Å². The second kappa shape index (κ2) is 4.97. The second-order valence-corrected chi connectivity index (χ2v) is 6.01. The molecule has 0 spiro atoms. The average Bonchev–Trinajstić information content (AvgIpc) is 2.28. The lowest BCUT2D eigenvalue weighted by Crippen LogP contribution is -2.09. The van der Waals surface area contributed by atoms with Gasteiger partial charge in [0.05, 0.1) is 5.30 Å². The van der Waals surface area contributed by atoms with Gasteiger partial charge in [-0.05, 0) is 43.7 Å². The van der Waals surface area contributed by atoms with Crippen LogP contribution in [0.4, 0.5) is 0 Å². The van der Waals surface area contributed by atoms with Crippen molar-refractivity contribution in [2.45, 2.75) is 13.8 Å². The van der Waals surface area contributed by atoms with E-state index in [0.717, 1.165) is 11.1 Å². The maximum atomic E-state index is 12.2. The van der Waals surface area contributed by atoms with Crippen LogP contribution in [-0.2, 0) is 4.57 Å². The van der Waals surface area contributed by atoms with Crippen molar-refractivity contribution in [1.82, 2.24) is 0 Å². The third-order valence-corrected chi connectivity index (χ3v) is 3.94. The molecule has 0 aliphatic heterocycles. The highest BCUT2D eigenvalue weighted by molar-refractivity contribution is 7.61.